The monoisotopic (exact) mass is 728 g/mol. The minimum atomic E-state index is -0.553. The molecule has 4 nitrogen and oxygen atoms in total. The molecular weight excluding hydrogens is 697 g/mol. The van der Waals surface area contributed by atoms with Gasteiger partial charge in [-0.2, -0.15) is 0 Å². The van der Waals surface area contributed by atoms with E-state index < -0.39 is 5.41 Å². The highest BCUT2D eigenvalue weighted by Gasteiger charge is 2.53. The molecule has 1 aromatic heterocycles. The van der Waals surface area contributed by atoms with Crippen LogP contribution in [0.2, 0.25) is 0 Å². The van der Waals surface area contributed by atoms with Gasteiger partial charge in [0.25, 0.3) is 0 Å². The summed E-state index contributed by atoms with van der Waals surface area (Å²) in [6.45, 7) is 0. The zero-order valence-corrected chi connectivity index (χ0v) is 30.7. The highest BCUT2D eigenvalue weighted by molar-refractivity contribution is 5.98. The highest BCUT2D eigenvalue weighted by Crippen LogP contribution is 2.66. The van der Waals surface area contributed by atoms with E-state index >= 15 is 0 Å². The van der Waals surface area contributed by atoms with Crippen LogP contribution in [0.4, 0.5) is 0 Å². The third-order valence-corrected chi connectivity index (χ3v) is 11.8. The molecule has 0 radical (unpaired) electrons. The Morgan fingerprint density at radius 1 is 0.333 bits per heavy atom. The van der Waals surface area contributed by atoms with Gasteiger partial charge in [0.1, 0.15) is 0 Å². The molecule has 8 aromatic carbocycles. The average molecular weight is 729 g/mol. The summed E-state index contributed by atoms with van der Waals surface area (Å²) in [7, 11) is 0. The SMILES string of the molecule is c1ccc(-c2cc(-c3cccc(-c4ccc5c(c4)C4(c6ccccc6-c6ccccc64)c4ccc6c(c4-5)Oc4ccccc4O6)c3)nc(-c3ccccc3)n2)cc1. The lowest BCUT2D eigenvalue weighted by molar-refractivity contribution is 0.360. The van der Waals surface area contributed by atoms with Crippen LogP contribution in [-0.2, 0) is 5.41 Å². The fourth-order valence-corrected chi connectivity index (χ4v) is 9.31. The van der Waals surface area contributed by atoms with Crippen molar-refractivity contribution in [2.24, 2.45) is 0 Å². The molecule has 2 aliphatic carbocycles. The van der Waals surface area contributed by atoms with Crippen molar-refractivity contribution in [2.45, 2.75) is 5.41 Å². The summed E-state index contributed by atoms with van der Waals surface area (Å²) in [5, 5.41) is 0. The van der Waals surface area contributed by atoms with Crippen LogP contribution in [0.1, 0.15) is 22.3 Å². The van der Waals surface area contributed by atoms with Crippen LogP contribution in [0.5, 0.6) is 23.0 Å². The van der Waals surface area contributed by atoms with Crippen molar-refractivity contribution in [3.05, 3.63) is 216 Å². The van der Waals surface area contributed by atoms with Crippen LogP contribution in [-0.4, -0.2) is 9.97 Å². The van der Waals surface area contributed by atoms with Gasteiger partial charge in [0, 0.05) is 22.3 Å². The Morgan fingerprint density at radius 3 is 1.65 bits per heavy atom. The summed E-state index contributed by atoms with van der Waals surface area (Å²) < 4.78 is 13.3. The zero-order valence-electron chi connectivity index (χ0n) is 30.7. The highest BCUT2D eigenvalue weighted by atomic mass is 16.6. The van der Waals surface area contributed by atoms with Gasteiger partial charge in [-0.3, -0.25) is 0 Å². The van der Waals surface area contributed by atoms with Crippen molar-refractivity contribution in [2.75, 3.05) is 0 Å². The summed E-state index contributed by atoms with van der Waals surface area (Å²) >= 11 is 0. The number of fused-ring (bicyclic) bond motifs is 13. The molecule has 0 saturated carbocycles. The van der Waals surface area contributed by atoms with E-state index in [9.17, 15) is 0 Å². The Balaban J connectivity index is 1.06. The van der Waals surface area contributed by atoms with Crippen LogP contribution in [0.3, 0.4) is 0 Å². The third-order valence-electron chi connectivity index (χ3n) is 11.8. The van der Waals surface area contributed by atoms with Crippen molar-refractivity contribution in [3.63, 3.8) is 0 Å². The van der Waals surface area contributed by atoms with Crippen molar-refractivity contribution < 1.29 is 9.47 Å². The van der Waals surface area contributed by atoms with E-state index in [1.165, 1.54) is 33.4 Å². The molecule has 12 rings (SSSR count). The molecule has 0 amide bonds. The van der Waals surface area contributed by atoms with Gasteiger partial charge in [0.05, 0.1) is 16.8 Å². The second-order valence-corrected chi connectivity index (χ2v) is 14.8. The Labute approximate surface area is 330 Å². The van der Waals surface area contributed by atoms with Gasteiger partial charge in [0.15, 0.2) is 28.8 Å². The first-order valence-corrected chi connectivity index (χ1v) is 19.3. The molecule has 0 fully saturated rings. The maximum atomic E-state index is 6.78. The summed E-state index contributed by atoms with van der Waals surface area (Å²) in [5.74, 6) is 3.62. The van der Waals surface area contributed by atoms with Gasteiger partial charge < -0.3 is 9.47 Å². The standard InChI is InChI=1S/C53H32N2O2/c1-3-14-33(15-4-1)45-32-46(55-52(54-45)34-16-5-2-6-17-34)37-19-13-18-35(30-37)36-26-27-40-44(31-36)53(41-22-9-7-20-38(41)39-21-8-10-23-42(39)53)43-28-29-49-51(50(40)43)57-48-25-12-11-24-47(48)56-49/h1-32H. The van der Waals surface area contributed by atoms with Crippen LogP contribution in [0.25, 0.3) is 67.3 Å². The topological polar surface area (TPSA) is 44.2 Å². The molecule has 2 heterocycles. The molecule has 3 aliphatic rings. The Hall–Kier alpha value is -7.56. The fourth-order valence-electron chi connectivity index (χ4n) is 9.31. The summed E-state index contributed by atoms with van der Waals surface area (Å²) in [5.41, 5.74) is 16.2. The van der Waals surface area contributed by atoms with Crippen molar-refractivity contribution in [3.8, 4) is 90.3 Å². The van der Waals surface area contributed by atoms with E-state index in [1.807, 2.05) is 60.7 Å². The molecule has 0 unspecified atom stereocenters. The first-order valence-electron chi connectivity index (χ1n) is 19.3. The molecule has 0 N–H and O–H groups in total. The minimum absolute atomic E-state index is 0.553. The second kappa shape index (κ2) is 12.2. The minimum Gasteiger partial charge on any atom is -0.449 e. The van der Waals surface area contributed by atoms with Crippen LogP contribution in [0, 0.1) is 0 Å². The largest absolute Gasteiger partial charge is 0.449 e. The van der Waals surface area contributed by atoms with E-state index in [-0.39, 0.29) is 0 Å². The number of hydrogen-bond donors (Lipinski definition) is 0. The molecule has 1 aliphatic heterocycles. The van der Waals surface area contributed by atoms with E-state index in [4.69, 9.17) is 19.4 Å². The van der Waals surface area contributed by atoms with E-state index in [1.54, 1.807) is 0 Å². The lowest BCUT2D eigenvalue weighted by Crippen LogP contribution is -2.26. The van der Waals surface area contributed by atoms with Gasteiger partial charge >= 0.3 is 0 Å². The van der Waals surface area contributed by atoms with Gasteiger partial charge in [-0.1, -0.05) is 158 Å². The Kier molecular flexibility index (Phi) is 6.81. The number of hydrogen-bond acceptors (Lipinski definition) is 4. The third kappa shape index (κ3) is 4.68. The lowest BCUT2D eigenvalue weighted by Gasteiger charge is -2.31. The Bertz CT molecular complexity index is 2980. The van der Waals surface area contributed by atoms with Gasteiger partial charge in [-0.25, -0.2) is 9.97 Å². The number of benzene rings is 8. The normalized spacial score (nSPS) is 13.3. The van der Waals surface area contributed by atoms with Crippen molar-refractivity contribution in [1.82, 2.24) is 9.97 Å². The molecule has 266 valence electrons. The maximum Gasteiger partial charge on any atom is 0.178 e. The smallest absolute Gasteiger partial charge is 0.178 e. The average Bonchev–Trinajstić information content (AvgIpc) is 3.76. The number of ether oxygens (including phenoxy) is 2. The molecule has 1 spiro atoms. The van der Waals surface area contributed by atoms with Crippen LogP contribution in [0.15, 0.2) is 194 Å². The van der Waals surface area contributed by atoms with Crippen molar-refractivity contribution in [1.29, 1.82) is 0 Å². The van der Waals surface area contributed by atoms with Crippen LogP contribution < -0.4 is 9.47 Å². The number of para-hydroxylation sites is 2. The fraction of sp³-hybridized carbons (Fsp3) is 0.0189. The molecule has 57 heavy (non-hydrogen) atoms. The van der Waals surface area contributed by atoms with E-state index in [0.29, 0.717) is 5.82 Å². The second-order valence-electron chi connectivity index (χ2n) is 14.8. The van der Waals surface area contributed by atoms with Crippen LogP contribution >= 0.6 is 0 Å². The summed E-state index contributed by atoms with van der Waals surface area (Å²) in [4.78, 5) is 10.2. The Morgan fingerprint density at radius 2 is 0.912 bits per heavy atom. The van der Waals surface area contributed by atoms with Gasteiger partial charge in [-0.05, 0) is 86.5 Å². The first kappa shape index (κ1) is 31.8. The number of rotatable bonds is 4. The van der Waals surface area contributed by atoms with E-state index in [0.717, 1.165) is 73.3 Å². The zero-order chi connectivity index (χ0) is 37.5. The predicted octanol–water partition coefficient (Wildman–Crippen LogP) is 13.4. The van der Waals surface area contributed by atoms with Gasteiger partial charge in [0.2, 0.25) is 0 Å². The molecule has 0 atom stereocenters. The molecule has 4 heteroatoms. The van der Waals surface area contributed by atoms with E-state index in [2.05, 4.69) is 133 Å². The predicted molar refractivity (Wildman–Crippen MR) is 227 cm³/mol. The summed E-state index contributed by atoms with van der Waals surface area (Å²) in [6, 6.07) is 68.3. The summed E-state index contributed by atoms with van der Waals surface area (Å²) in [6.07, 6.45) is 0. The number of nitrogens with zero attached hydrogens (tertiary/aromatic N) is 2. The first-order chi connectivity index (χ1) is 28.2. The molecule has 0 bridgehead atoms. The van der Waals surface area contributed by atoms with Crippen molar-refractivity contribution >= 4 is 0 Å². The lowest BCUT2D eigenvalue weighted by atomic mass is 9.70. The van der Waals surface area contributed by atoms with Gasteiger partial charge in [-0.15, -0.1) is 0 Å². The molecule has 9 aromatic rings. The number of aromatic nitrogens is 2. The molecular formula is C53H32N2O2. The maximum absolute atomic E-state index is 6.78. The molecule has 0 saturated heterocycles. The quantitative estimate of drug-likeness (QED) is 0.181.